The number of hydrogen-bond donors (Lipinski definition) is 1. The summed E-state index contributed by atoms with van der Waals surface area (Å²) in [5.41, 5.74) is -0.213. The smallest absolute Gasteiger partial charge is 0.323 e. The van der Waals surface area contributed by atoms with E-state index in [-0.39, 0.29) is 24.2 Å². The van der Waals surface area contributed by atoms with Crippen molar-refractivity contribution in [3.63, 3.8) is 0 Å². The second-order valence-corrected chi connectivity index (χ2v) is 7.51. The summed E-state index contributed by atoms with van der Waals surface area (Å²) in [5.74, 6) is -0.243. The number of amides is 3. The number of hydrogen-bond acceptors (Lipinski definition) is 4. The molecule has 112 valence electrons. The van der Waals surface area contributed by atoms with Crippen LogP contribution in [0.5, 0.6) is 0 Å². The molecule has 6 heteroatoms. The molecule has 0 spiro atoms. The Morgan fingerprint density at radius 1 is 1.43 bits per heavy atom. The average Bonchev–Trinajstić information content (AvgIpc) is 3.17. The number of carbonyl (C=O) groups is 3. The summed E-state index contributed by atoms with van der Waals surface area (Å²) in [6, 6.07) is 1.37. The predicted molar refractivity (Wildman–Crippen MR) is 79.5 cm³/mol. The summed E-state index contributed by atoms with van der Waals surface area (Å²) in [6.45, 7) is 5.40. The van der Waals surface area contributed by atoms with Crippen LogP contribution in [0.3, 0.4) is 0 Å². The van der Waals surface area contributed by atoms with Crippen LogP contribution < -0.4 is 5.32 Å². The van der Waals surface area contributed by atoms with Gasteiger partial charge in [0.25, 0.3) is 5.91 Å². The average molecular weight is 306 g/mol. The molecular formula is C15H18N2O3S. The van der Waals surface area contributed by atoms with Crippen LogP contribution in [-0.4, -0.2) is 34.7 Å². The minimum Gasteiger partial charge on any atom is -0.323 e. The van der Waals surface area contributed by atoms with E-state index in [0.29, 0.717) is 5.56 Å². The number of aryl methyl sites for hydroxylation is 2. The van der Waals surface area contributed by atoms with E-state index < -0.39 is 11.6 Å². The highest BCUT2D eigenvalue weighted by atomic mass is 32.1. The van der Waals surface area contributed by atoms with E-state index >= 15 is 0 Å². The summed E-state index contributed by atoms with van der Waals surface area (Å²) >= 11 is 1.55. The summed E-state index contributed by atoms with van der Waals surface area (Å²) in [6.07, 6.45) is 1.90. The fourth-order valence-electron chi connectivity index (χ4n) is 2.93. The van der Waals surface area contributed by atoms with Crippen LogP contribution >= 0.6 is 11.3 Å². The third-order valence-electron chi connectivity index (χ3n) is 4.34. The first-order valence-electron chi connectivity index (χ1n) is 7.07. The fourth-order valence-corrected chi connectivity index (χ4v) is 3.88. The molecule has 5 nitrogen and oxygen atoms in total. The Kier molecular flexibility index (Phi) is 3.16. The van der Waals surface area contributed by atoms with Gasteiger partial charge in [-0.05, 0) is 45.6 Å². The Bertz CT molecular complexity index is 647. The highest BCUT2D eigenvalue weighted by Crippen LogP contribution is 2.42. The standard InChI is InChI=1S/C15H18N2O3S/c1-8-6-11(9(2)21-8)12(18)7-17-13(19)15(3,10-4-5-10)16-14(17)20/h6,10H,4-5,7H2,1-3H3,(H,16,20). The number of rotatable bonds is 4. The van der Waals surface area contributed by atoms with Gasteiger partial charge in [0.05, 0.1) is 6.54 Å². The zero-order chi connectivity index (χ0) is 15.4. The van der Waals surface area contributed by atoms with Crippen LogP contribution in [0.1, 0.15) is 39.9 Å². The maximum Gasteiger partial charge on any atom is 0.325 e. The lowest BCUT2D eigenvalue weighted by molar-refractivity contribution is -0.131. The first-order chi connectivity index (χ1) is 9.83. The molecule has 1 aromatic rings. The summed E-state index contributed by atoms with van der Waals surface area (Å²) in [4.78, 5) is 39.9. The number of imide groups is 1. The lowest BCUT2D eigenvalue weighted by Gasteiger charge is -2.20. The van der Waals surface area contributed by atoms with E-state index in [1.54, 1.807) is 18.3 Å². The van der Waals surface area contributed by atoms with Gasteiger partial charge < -0.3 is 5.32 Å². The molecule has 0 radical (unpaired) electrons. The number of thiophene rings is 1. The molecule has 1 atom stereocenters. The molecule has 0 aromatic carbocycles. The Hall–Kier alpha value is -1.69. The SMILES string of the molecule is Cc1cc(C(=O)CN2C(=O)NC(C)(C3CC3)C2=O)c(C)s1. The Morgan fingerprint density at radius 2 is 2.10 bits per heavy atom. The number of nitrogens with zero attached hydrogens (tertiary/aromatic N) is 1. The molecule has 3 rings (SSSR count). The van der Waals surface area contributed by atoms with Gasteiger partial charge in [-0.25, -0.2) is 4.79 Å². The minimum atomic E-state index is -0.822. The number of Topliss-reactive ketones (excluding diaryl/α,β-unsaturated/α-hetero) is 1. The zero-order valence-electron chi connectivity index (χ0n) is 12.4. The molecule has 2 heterocycles. The van der Waals surface area contributed by atoms with Gasteiger partial charge in [-0.2, -0.15) is 0 Å². The van der Waals surface area contributed by atoms with Gasteiger partial charge in [-0.1, -0.05) is 0 Å². The van der Waals surface area contributed by atoms with Gasteiger partial charge in [0, 0.05) is 15.3 Å². The molecule has 1 saturated carbocycles. The van der Waals surface area contributed by atoms with Gasteiger partial charge in [0.15, 0.2) is 5.78 Å². The number of carbonyl (C=O) groups excluding carboxylic acids is 3. The van der Waals surface area contributed by atoms with Gasteiger partial charge in [0.1, 0.15) is 5.54 Å². The summed E-state index contributed by atoms with van der Waals surface area (Å²) < 4.78 is 0. The van der Waals surface area contributed by atoms with Crippen molar-refractivity contribution in [2.24, 2.45) is 5.92 Å². The molecule has 3 amide bonds. The molecule has 1 aromatic heterocycles. The van der Waals surface area contributed by atoms with Crippen molar-refractivity contribution in [2.45, 2.75) is 39.2 Å². The first-order valence-corrected chi connectivity index (χ1v) is 7.89. The van der Waals surface area contributed by atoms with Crippen molar-refractivity contribution in [1.29, 1.82) is 0 Å². The summed E-state index contributed by atoms with van der Waals surface area (Å²) in [7, 11) is 0. The molecule has 1 unspecified atom stereocenters. The molecule has 1 aliphatic heterocycles. The topological polar surface area (TPSA) is 66.5 Å². The molecule has 1 saturated heterocycles. The van der Waals surface area contributed by atoms with Crippen LogP contribution in [0.15, 0.2) is 6.07 Å². The summed E-state index contributed by atoms with van der Waals surface area (Å²) in [5, 5.41) is 2.76. The molecule has 2 aliphatic rings. The third-order valence-corrected chi connectivity index (χ3v) is 5.30. The van der Waals surface area contributed by atoms with Crippen LogP contribution in [0, 0.1) is 19.8 Å². The third kappa shape index (κ3) is 2.27. The van der Waals surface area contributed by atoms with Gasteiger partial charge in [-0.3, -0.25) is 14.5 Å². The fraction of sp³-hybridized carbons (Fsp3) is 0.533. The maximum absolute atomic E-state index is 12.5. The van der Waals surface area contributed by atoms with Gasteiger partial charge >= 0.3 is 6.03 Å². The van der Waals surface area contributed by atoms with Crippen molar-refractivity contribution < 1.29 is 14.4 Å². The lowest BCUT2D eigenvalue weighted by atomic mass is 9.96. The Balaban J connectivity index is 1.78. The van der Waals surface area contributed by atoms with Crippen LogP contribution in [0.2, 0.25) is 0 Å². The minimum absolute atomic E-state index is 0.177. The van der Waals surface area contributed by atoms with Crippen molar-refractivity contribution in [2.75, 3.05) is 6.54 Å². The second kappa shape index (κ2) is 4.66. The Morgan fingerprint density at radius 3 is 2.62 bits per heavy atom. The second-order valence-electron chi connectivity index (χ2n) is 6.05. The number of urea groups is 1. The first kappa shape index (κ1) is 14.3. The van der Waals surface area contributed by atoms with Crippen molar-refractivity contribution >= 4 is 29.1 Å². The van der Waals surface area contributed by atoms with E-state index in [4.69, 9.17) is 0 Å². The molecular weight excluding hydrogens is 288 g/mol. The van der Waals surface area contributed by atoms with Crippen molar-refractivity contribution in [3.8, 4) is 0 Å². The normalized spacial score (nSPS) is 25.4. The number of ketones is 1. The lowest BCUT2D eigenvalue weighted by Crippen LogP contribution is -2.46. The Labute approximate surface area is 127 Å². The highest BCUT2D eigenvalue weighted by molar-refractivity contribution is 7.12. The van der Waals surface area contributed by atoms with Gasteiger partial charge in [-0.15, -0.1) is 11.3 Å². The molecule has 0 bridgehead atoms. The quantitative estimate of drug-likeness (QED) is 0.685. The van der Waals surface area contributed by atoms with Crippen molar-refractivity contribution in [3.05, 3.63) is 21.4 Å². The monoisotopic (exact) mass is 306 g/mol. The van der Waals surface area contributed by atoms with Crippen LogP contribution in [-0.2, 0) is 4.79 Å². The molecule has 1 N–H and O–H groups in total. The van der Waals surface area contributed by atoms with E-state index in [0.717, 1.165) is 27.5 Å². The van der Waals surface area contributed by atoms with E-state index in [2.05, 4.69) is 5.32 Å². The molecule has 2 fully saturated rings. The zero-order valence-corrected chi connectivity index (χ0v) is 13.2. The van der Waals surface area contributed by atoms with Crippen LogP contribution in [0.4, 0.5) is 4.79 Å². The molecule has 1 aliphatic carbocycles. The number of nitrogens with one attached hydrogen (secondary N) is 1. The van der Waals surface area contributed by atoms with Crippen LogP contribution in [0.25, 0.3) is 0 Å². The van der Waals surface area contributed by atoms with Gasteiger partial charge in [0.2, 0.25) is 0 Å². The largest absolute Gasteiger partial charge is 0.325 e. The van der Waals surface area contributed by atoms with E-state index in [1.165, 1.54) is 0 Å². The maximum atomic E-state index is 12.5. The predicted octanol–water partition coefficient (Wildman–Crippen LogP) is 2.27. The van der Waals surface area contributed by atoms with Crippen molar-refractivity contribution in [1.82, 2.24) is 10.2 Å². The highest BCUT2D eigenvalue weighted by Gasteiger charge is 2.56. The van der Waals surface area contributed by atoms with E-state index in [9.17, 15) is 14.4 Å². The van der Waals surface area contributed by atoms with E-state index in [1.807, 2.05) is 19.9 Å². The molecule has 21 heavy (non-hydrogen) atoms.